The first kappa shape index (κ1) is 14.1. The molecule has 0 unspecified atom stereocenters. The fourth-order valence-corrected chi connectivity index (χ4v) is 2.49. The number of anilines is 1. The van der Waals surface area contributed by atoms with E-state index in [0.29, 0.717) is 18.0 Å². The summed E-state index contributed by atoms with van der Waals surface area (Å²) in [6.07, 6.45) is 3.82. The normalized spacial score (nSPS) is 10.5. The second-order valence-electron chi connectivity index (χ2n) is 3.90. The Morgan fingerprint density at radius 3 is 3.00 bits per heavy atom. The maximum absolute atomic E-state index is 11.8. The van der Waals surface area contributed by atoms with Gasteiger partial charge in [0.15, 0.2) is 5.82 Å². The number of carbonyl (C=O) groups is 1. The van der Waals surface area contributed by atoms with Crippen LogP contribution in [-0.4, -0.2) is 33.9 Å². The minimum atomic E-state index is -0.0278. The molecule has 19 heavy (non-hydrogen) atoms. The molecule has 1 amide bonds. The van der Waals surface area contributed by atoms with Crippen molar-refractivity contribution in [2.45, 2.75) is 6.42 Å². The lowest BCUT2D eigenvalue weighted by molar-refractivity contribution is -0.117. The van der Waals surface area contributed by atoms with E-state index in [1.54, 1.807) is 19.4 Å². The van der Waals surface area contributed by atoms with E-state index in [4.69, 9.17) is 0 Å². The fourth-order valence-electron chi connectivity index (χ4n) is 1.62. The van der Waals surface area contributed by atoms with Crippen molar-refractivity contribution in [1.82, 2.24) is 15.2 Å². The maximum atomic E-state index is 11.8. The second kappa shape index (κ2) is 6.21. The Bertz CT molecular complexity index is 572. The molecule has 0 aliphatic rings. The molecule has 5 nitrogen and oxygen atoms in total. The maximum Gasteiger partial charge on any atom is 0.228 e. The van der Waals surface area contributed by atoms with Gasteiger partial charge in [0.2, 0.25) is 5.91 Å². The molecule has 0 bridgehead atoms. The molecule has 2 aromatic heterocycles. The number of thiol groups is 1. The number of aromatic nitrogens is 3. The van der Waals surface area contributed by atoms with E-state index in [-0.39, 0.29) is 5.91 Å². The smallest absolute Gasteiger partial charge is 0.228 e. The SMILES string of the molecule is CN(C(=O)CCS)c1n[nH]c(-c2cccnc2)c1Br. The van der Waals surface area contributed by atoms with E-state index in [0.717, 1.165) is 15.7 Å². The van der Waals surface area contributed by atoms with Crippen molar-refractivity contribution >= 4 is 40.3 Å². The van der Waals surface area contributed by atoms with Crippen LogP contribution in [-0.2, 0) is 4.79 Å². The van der Waals surface area contributed by atoms with Gasteiger partial charge >= 0.3 is 0 Å². The Balaban J connectivity index is 2.31. The molecule has 0 saturated carbocycles. The van der Waals surface area contributed by atoms with Crippen molar-refractivity contribution in [1.29, 1.82) is 0 Å². The number of halogens is 1. The van der Waals surface area contributed by atoms with Crippen LogP contribution >= 0.6 is 28.6 Å². The number of carbonyl (C=O) groups excluding carboxylic acids is 1. The number of H-pyrrole nitrogens is 1. The molecule has 0 aromatic carbocycles. The van der Waals surface area contributed by atoms with Crippen LogP contribution in [0.25, 0.3) is 11.3 Å². The summed E-state index contributed by atoms with van der Waals surface area (Å²) >= 11 is 7.53. The molecule has 0 fully saturated rings. The minimum absolute atomic E-state index is 0.0278. The third kappa shape index (κ3) is 2.98. The van der Waals surface area contributed by atoms with E-state index < -0.39 is 0 Å². The number of nitrogens with zero attached hydrogens (tertiary/aromatic N) is 3. The van der Waals surface area contributed by atoms with Gasteiger partial charge in [-0.25, -0.2) is 0 Å². The van der Waals surface area contributed by atoms with Crippen LogP contribution in [0.5, 0.6) is 0 Å². The third-order valence-electron chi connectivity index (χ3n) is 2.66. The first-order chi connectivity index (χ1) is 9.15. The standard InChI is InChI=1S/C12H13BrN4OS/c1-17(9(18)4-6-19)12-10(13)11(15-16-12)8-3-2-5-14-7-8/h2-3,5,7,19H,4,6H2,1H3,(H,15,16). The van der Waals surface area contributed by atoms with Crippen LogP contribution in [0.2, 0.25) is 0 Å². The van der Waals surface area contributed by atoms with Crippen molar-refractivity contribution in [3.8, 4) is 11.3 Å². The average molecular weight is 341 g/mol. The summed E-state index contributed by atoms with van der Waals surface area (Å²) in [7, 11) is 1.69. The van der Waals surface area contributed by atoms with Crippen molar-refractivity contribution < 1.29 is 4.79 Å². The topological polar surface area (TPSA) is 61.9 Å². The summed E-state index contributed by atoms with van der Waals surface area (Å²) in [5.41, 5.74) is 1.71. The highest BCUT2D eigenvalue weighted by Crippen LogP contribution is 2.33. The van der Waals surface area contributed by atoms with Gasteiger partial charge in [-0.3, -0.25) is 19.8 Å². The van der Waals surface area contributed by atoms with Crippen LogP contribution in [0, 0.1) is 0 Å². The molecule has 0 radical (unpaired) electrons. The van der Waals surface area contributed by atoms with Gasteiger partial charge in [0, 0.05) is 31.4 Å². The first-order valence-corrected chi connectivity index (χ1v) is 7.09. The largest absolute Gasteiger partial charge is 0.297 e. The molecule has 7 heteroatoms. The minimum Gasteiger partial charge on any atom is -0.297 e. The Labute approximate surface area is 125 Å². The number of hydrogen-bond donors (Lipinski definition) is 2. The van der Waals surface area contributed by atoms with E-state index in [1.807, 2.05) is 12.1 Å². The van der Waals surface area contributed by atoms with Gasteiger partial charge in [0.1, 0.15) is 0 Å². The molecule has 2 rings (SSSR count). The highest BCUT2D eigenvalue weighted by atomic mass is 79.9. The van der Waals surface area contributed by atoms with Crippen molar-refractivity contribution in [2.75, 3.05) is 17.7 Å². The molecule has 0 saturated heterocycles. The van der Waals surface area contributed by atoms with Gasteiger partial charge in [-0.1, -0.05) is 0 Å². The Morgan fingerprint density at radius 1 is 1.58 bits per heavy atom. The predicted molar refractivity (Wildman–Crippen MR) is 81.4 cm³/mol. The number of hydrogen-bond acceptors (Lipinski definition) is 4. The highest BCUT2D eigenvalue weighted by Gasteiger charge is 2.19. The number of pyridine rings is 1. The van der Waals surface area contributed by atoms with E-state index in [1.165, 1.54) is 4.90 Å². The fraction of sp³-hybridized carbons (Fsp3) is 0.250. The van der Waals surface area contributed by atoms with Crippen LogP contribution in [0.4, 0.5) is 5.82 Å². The molecule has 0 aliphatic heterocycles. The predicted octanol–water partition coefficient (Wildman–Crippen LogP) is 2.52. The quantitative estimate of drug-likeness (QED) is 0.840. The Kier molecular flexibility index (Phi) is 4.60. The molecule has 0 spiro atoms. The first-order valence-electron chi connectivity index (χ1n) is 5.66. The van der Waals surface area contributed by atoms with Gasteiger partial charge < -0.3 is 0 Å². The molecule has 2 aromatic rings. The monoisotopic (exact) mass is 340 g/mol. The molecule has 2 heterocycles. The molecular formula is C12H13BrN4OS. The summed E-state index contributed by atoms with van der Waals surface area (Å²) in [5.74, 6) is 1.05. The van der Waals surface area contributed by atoms with Gasteiger partial charge in [-0.05, 0) is 33.8 Å². The summed E-state index contributed by atoms with van der Waals surface area (Å²) < 4.78 is 0.746. The van der Waals surface area contributed by atoms with Crippen LogP contribution < -0.4 is 4.90 Å². The van der Waals surface area contributed by atoms with Gasteiger partial charge in [0.25, 0.3) is 0 Å². The highest BCUT2D eigenvalue weighted by molar-refractivity contribution is 9.10. The summed E-state index contributed by atoms with van der Waals surface area (Å²) in [4.78, 5) is 17.4. The van der Waals surface area contributed by atoms with Crippen LogP contribution in [0.3, 0.4) is 0 Å². The lowest BCUT2D eigenvalue weighted by atomic mass is 10.2. The van der Waals surface area contributed by atoms with Gasteiger partial charge in [-0.15, -0.1) is 0 Å². The summed E-state index contributed by atoms with van der Waals surface area (Å²) in [6.45, 7) is 0. The molecule has 0 atom stereocenters. The van der Waals surface area contributed by atoms with Crippen molar-refractivity contribution in [3.05, 3.63) is 29.0 Å². The van der Waals surface area contributed by atoms with Crippen molar-refractivity contribution in [2.24, 2.45) is 0 Å². The third-order valence-corrected chi connectivity index (χ3v) is 3.63. The average Bonchev–Trinajstić information content (AvgIpc) is 2.81. The Hall–Kier alpha value is -1.34. The lowest BCUT2D eigenvalue weighted by Crippen LogP contribution is -2.26. The summed E-state index contributed by atoms with van der Waals surface area (Å²) in [6, 6.07) is 3.77. The zero-order valence-corrected chi connectivity index (χ0v) is 12.8. The lowest BCUT2D eigenvalue weighted by Gasteiger charge is -2.14. The van der Waals surface area contributed by atoms with E-state index in [9.17, 15) is 4.79 Å². The molecular weight excluding hydrogens is 328 g/mol. The van der Waals surface area contributed by atoms with Crippen LogP contribution in [0.15, 0.2) is 29.0 Å². The van der Waals surface area contributed by atoms with E-state index >= 15 is 0 Å². The number of nitrogens with one attached hydrogen (secondary N) is 1. The van der Waals surface area contributed by atoms with Crippen LogP contribution in [0.1, 0.15) is 6.42 Å². The van der Waals surface area contributed by atoms with Gasteiger partial charge in [0.05, 0.1) is 10.2 Å². The zero-order chi connectivity index (χ0) is 13.8. The number of rotatable bonds is 4. The molecule has 0 aliphatic carbocycles. The Morgan fingerprint density at radius 2 is 2.37 bits per heavy atom. The second-order valence-corrected chi connectivity index (χ2v) is 5.14. The number of amides is 1. The molecule has 1 N–H and O–H groups in total. The van der Waals surface area contributed by atoms with Gasteiger partial charge in [-0.2, -0.15) is 17.7 Å². The molecule has 100 valence electrons. The van der Waals surface area contributed by atoms with E-state index in [2.05, 4.69) is 43.7 Å². The summed E-state index contributed by atoms with van der Waals surface area (Å²) in [5, 5.41) is 7.09. The zero-order valence-electron chi connectivity index (χ0n) is 10.3. The van der Waals surface area contributed by atoms with Crippen molar-refractivity contribution in [3.63, 3.8) is 0 Å². The number of aromatic amines is 1.